The van der Waals surface area contributed by atoms with Crippen LogP contribution in [0.25, 0.3) is 0 Å². The number of hydrogen-bond acceptors (Lipinski definition) is 5. The van der Waals surface area contributed by atoms with Crippen LogP contribution in [0.4, 0.5) is 4.79 Å². The van der Waals surface area contributed by atoms with Crippen molar-refractivity contribution in [1.29, 1.82) is 0 Å². The predicted octanol–water partition coefficient (Wildman–Crippen LogP) is 5.13. The summed E-state index contributed by atoms with van der Waals surface area (Å²) in [6.07, 6.45) is 6.66. The van der Waals surface area contributed by atoms with Crippen molar-refractivity contribution in [3.8, 4) is 5.75 Å². The average molecular weight is 479 g/mol. The molecule has 4 atom stereocenters. The largest absolute Gasteiger partial charge is 0.497 e. The molecule has 6 nitrogen and oxygen atoms in total. The van der Waals surface area contributed by atoms with Crippen molar-refractivity contribution in [3.63, 3.8) is 0 Å². The van der Waals surface area contributed by atoms with Crippen molar-refractivity contribution >= 4 is 6.09 Å². The summed E-state index contributed by atoms with van der Waals surface area (Å²) in [7, 11) is 3.17. The van der Waals surface area contributed by atoms with Gasteiger partial charge < -0.3 is 19.5 Å². The van der Waals surface area contributed by atoms with Gasteiger partial charge in [0, 0.05) is 18.6 Å². The van der Waals surface area contributed by atoms with Gasteiger partial charge >= 0.3 is 6.09 Å². The zero-order valence-corrected chi connectivity index (χ0v) is 20.9. The third-order valence-electron chi connectivity index (χ3n) is 8.41. The zero-order valence-electron chi connectivity index (χ0n) is 20.9. The highest BCUT2D eigenvalue weighted by atomic mass is 16.5. The normalized spacial score (nSPS) is 29.8. The highest BCUT2D eigenvalue weighted by Gasteiger charge is 2.55. The summed E-state index contributed by atoms with van der Waals surface area (Å²) >= 11 is 0. The van der Waals surface area contributed by atoms with Gasteiger partial charge in [0.15, 0.2) is 0 Å². The molecule has 0 bridgehead atoms. The molecule has 1 heterocycles. The van der Waals surface area contributed by atoms with Gasteiger partial charge in [-0.25, -0.2) is 4.79 Å². The van der Waals surface area contributed by atoms with Crippen LogP contribution in [0.3, 0.4) is 0 Å². The lowest BCUT2D eigenvalue weighted by Crippen LogP contribution is -2.49. The standard InChI is InChI=1S/C29H38N2O4/c1-33-23-12-8-20(9-13-23)18-30-28-25-16-17-26(25)31(29(32)34-2)27(28)19-35-24-14-10-22(11-15-24)21-6-4-3-5-7-21/h3-9,12-13,22,24-28,30H,10-11,14-19H2,1-2H3/t22?,24?,25-,26+,27?,28?/m0/s1. The number of hydrogen-bond donors (Lipinski definition) is 1. The molecule has 6 heteroatoms. The molecular weight excluding hydrogens is 440 g/mol. The number of nitrogens with zero attached hydrogens (tertiary/aromatic N) is 1. The minimum atomic E-state index is -0.227. The SMILES string of the molecule is COC(=O)N1C(COC2CCC(c3ccccc3)CC2)C(NCc2ccc(OC)cc2)[C@H]2CC[C@H]21. The lowest BCUT2D eigenvalue weighted by atomic mass is 9.77. The molecule has 1 N–H and O–H groups in total. The molecular formula is C29H38N2O4. The highest BCUT2D eigenvalue weighted by Crippen LogP contribution is 2.45. The van der Waals surface area contributed by atoms with Crippen molar-refractivity contribution in [2.75, 3.05) is 20.8 Å². The molecule has 3 fully saturated rings. The van der Waals surface area contributed by atoms with E-state index in [2.05, 4.69) is 47.8 Å². The van der Waals surface area contributed by atoms with E-state index < -0.39 is 0 Å². The highest BCUT2D eigenvalue weighted by molar-refractivity contribution is 5.69. The number of benzene rings is 2. The number of nitrogens with one attached hydrogen (secondary N) is 1. The van der Waals surface area contributed by atoms with E-state index in [-0.39, 0.29) is 30.3 Å². The summed E-state index contributed by atoms with van der Waals surface area (Å²) in [5.74, 6) is 1.94. The number of fused-ring (bicyclic) bond motifs is 1. The molecule has 1 saturated heterocycles. The Kier molecular flexibility index (Phi) is 7.59. The second kappa shape index (κ2) is 11.0. The van der Waals surface area contributed by atoms with Gasteiger partial charge in [-0.1, -0.05) is 42.5 Å². The van der Waals surface area contributed by atoms with Gasteiger partial charge in [-0.05, 0) is 73.6 Å². The molecule has 2 aromatic carbocycles. The lowest BCUT2D eigenvalue weighted by Gasteiger charge is -2.36. The number of likely N-dealkylation sites (tertiary alicyclic amines) is 1. The van der Waals surface area contributed by atoms with Crippen LogP contribution in [0.5, 0.6) is 5.75 Å². The van der Waals surface area contributed by atoms with Crippen LogP contribution in [0.15, 0.2) is 54.6 Å². The first kappa shape index (κ1) is 24.1. The van der Waals surface area contributed by atoms with Crippen LogP contribution in [-0.2, 0) is 16.0 Å². The van der Waals surface area contributed by atoms with E-state index in [4.69, 9.17) is 14.2 Å². The van der Waals surface area contributed by atoms with E-state index in [1.807, 2.05) is 17.0 Å². The Hall–Kier alpha value is -2.57. The van der Waals surface area contributed by atoms with E-state index in [1.165, 1.54) is 18.2 Å². The van der Waals surface area contributed by atoms with Crippen molar-refractivity contribution in [1.82, 2.24) is 10.2 Å². The Morgan fingerprint density at radius 1 is 0.943 bits per heavy atom. The van der Waals surface area contributed by atoms with Crippen LogP contribution >= 0.6 is 0 Å². The van der Waals surface area contributed by atoms with Gasteiger partial charge in [-0.15, -0.1) is 0 Å². The molecule has 0 aromatic heterocycles. The number of carbonyl (C=O) groups excluding carboxylic acids is 1. The fraction of sp³-hybridized carbons (Fsp3) is 0.552. The van der Waals surface area contributed by atoms with Gasteiger partial charge in [0.2, 0.25) is 0 Å². The van der Waals surface area contributed by atoms with Crippen LogP contribution in [0.2, 0.25) is 0 Å². The van der Waals surface area contributed by atoms with Gasteiger partial charge in [0.25, 0.3) is 0 Å². The molecule has 3 aliphatic rings. The fourth-order valence-corrected chi connectivity index (χ4v) is 6.33. The smallest absolute Gasteiger partial charge is 0.410 e. The summed E-state index contributed by atoms with van der Waals surface area (Å²) in [5, 5.41) is 3.77. The van der Waals surface area contributed by atoms with Crippen molar-refractivity contribution in [3.05, 3.63) is 65.7 Å². The molecule has 2 saturated carbocycles. The first-order valence-electron chi connectivity index (χ1n) is 13.1. The Bertz CT molecular complexity index is 958. The molecule has 1 amide bonds. The maximum absolute atomic E-state index is 12.8. The zero-order chi connectivity index (χ0) is 24.2. The second-order valence-electron chi connectivity index (χ2n) is 10.2. The lowest BCUT2D eigenvalue weighted by molar-refractivity contribution is -0.0109. The Morgan fingerprint density at radius 2 is 1.69 bits per heavy atom. The first-order chi connectivity index (χ1) is 17.2. The molecule has 1 aliphatic heterocycles. The molecule has 2 aromatic rings. The van der Waals surface area contributed by atoms with Crippen molar-refractivity contribution < 1.29 is 19.0 Å². The Morgan fingerprint density at radius 3 is 2.31 bits per heavy atom. The number of rotatable bonds is 8. The molecule has 35 heavy (non-hydrogen) atoms. The predicted molar refractivity (Wildman–Crippen MR) is 136 cm³/mol. The van der Waals surface area contributed by atoms with Crippen LogP contribution in [0.1, 0.15) is 55.6 Å². The summed E-state index contributed by atoms with van der Waals surface area (Å²) in [6.45, 7) is 1.31. The maximum Gasteiger partial charge on any atom is 0.410 e. The first-order valence-corrected chi connectivity index (χ1v) is 13.1. The summed E-state index contributed by atoms with van der Waals surface area (Å²) in [6, 6.07) is 19.4. The molecule has 2 aliphatic carbocycles. The summed E-state index contributed by atoms with van der Waals surface area (Å²) < 4.78 is 17.0. The molecule has 0 spiro atoms. The number of methoxy groups -OCH3 is 2. The van der Waals surface area contributed by atoms with E-state index in [0.717, 1.165) is 50.8 Å². The monoisotopic (exact) mass is 478 g/mol. The van der Waals surface area contributed by atoms with Crippen molar-refractivity contribution in [2.24, 2.45) is 5.92 Å². The fourth-order valence-electron chi connectivity index (χ4n) is 6.33. The third kappa shape index (κ3) is 5.19. The quantitative estimate of drug-likeness (QED) is 0.570. The minimum Gasteiger partial charge on any atom is -0.497 e. The maximum atomic E-state index is 12.8. The van der Waals surface area contributed by atoms with Crippen LogP contribution < -0.4 is 10.1 Å². The van der Waals surface area contributed by atoms with E-state index >= 15 is 0 Å². The molecule has 0 radical (unpaired) electrons. The second-order valence-corrected chi connectivity index (χ2v) is 10.2. The topological polar surface area (TPSA) is 60.0 Å². The van der Waals surface area contributed by atoms with E-state index in [9.17, 15) is 4.79 Å². The number of ether oxygens (including phenoxy) is 3. The van der Waals surface area contributed by atoms with E-state index in [0.29, 0.717) is 18.4 Å². The molecule has 188 valence electrons. The van der Waals surface area contributed by atoms with Gasteiger partial charge in [-0.2, -0.15) is 0 Å². The average Bonchev–Trinajstić information content (AvgIpc) is 3.11. The van der Waals surface area contributed by atoms with E-state index in [1.54, 1.807) is 7.11 Å². The summed E-state index contributed by atoms with van der Waals surface area (Å²) in [5.41, 5.74) is 2.65. The minimum absolute atomic E-state index is 0.00922. The van der Waals surface area contributed by atoms with Crippen molar-refractivity contribution in [2.45, 2.75) is 75.2 Å². The third-order valence-corrected chi connectivity index (χ3v) is 8.41. The molecule has 5 rings (SSSR count). The molecule has 2 unspecified atom stereocenters. The van der Waals surface area contributed by atoms with Gasteiger partial charge in [-0.3, -0.25) is 4.90 Å². The van der Waals surface area contributed by atoms with Gasteiger partial charge in [0.05, 0.1) is 33.0 Å². The number of amides is 1. The van der Waals surface area contributed by atoms with Crippen LogP contribution in [-0.4, -0.2) is 56.0 Å². The Balaban J connectivity index is 1.21. The van der Waals surface area contributed by atoms with Crippen LogP contribution in [0, 0.1) is 5.92 Å². The Labute approximate surface area is 208 Å². The summed E-state index contributed by atoms with van der Waals surface area (Å²) in [4.78, 5) is 14.7. The van der Waals surface area contributed by atoms with Gasteiger partial charge in [0.1, 0.15) is 5.75 Å². The number of carbonyl (C=O) groups is 1.